The van der Waals surface area contributed by atoms with Crippen LogP contribution in [-0.2, 0) is 13.6 Å². The van der Waals surface area contributed by atoms with Crippen molar-refractivity contribution in [1.82, 2.24) is 14.7 Å². The van der Waals surface area contributed by atoms with Crippen molar-refractivity contribution in [3.63, 3.8) is 0 Å². The number of hydrogen-bond donors (Lipinski definition) is 0. The Labute approximate surface area is 131 Å². The first-order valence-corrected chi connectivity index (χ1v) is 7.41. The van der Waals surface area contributed by atoms with Gasteiger partial charge in [0.15, 0.2) is 0 Å². The molecule has 1 aromatic heterocycles. The summed E-state index contributed by atoms with van der Waals surface area (Å²) in [5.74, 6) is -0.843. The molecule has 1 amide bonds. The van der Waals surface area contributed by atoms with Gasteiger partial charge in [0.25, 0.3) is 5.91 Å². The molecule has 0 N–H and O–H groups in total. The van der Waals surface area contributed by atoms with Crippen molar-refractivity contribution in [2.75, 3.05) is 0 Å². The minimum Gasteiger partial charge on any atom is -0.332 e. The molecule has 4 nitrogen and oxygen atoms in total. The number of nitrogens with zero attached hydrogens (tertiary/aromatic N) is 3. The molecule has 2 aromatic rings. The number of benzene rings is 1. The third-order valence-corrected chi connectivity index (χ3v) is 3.65. The van der Waals surface area contributed by atoms with Crippen molar-refractivity contribution >= 4 is 21.8 Å². The van der Waals surface area contributed by atoms with Crippen LogP contribution < -0.4 is 0 Å². The largest absolute Gasteiger partial charge is 0.332 e. The summed E-state index contributed by atoms with van der Waals surface area (Å²) in [6, 6.07) is 4.43. The van der Waals surface area contributed by atoms with Gasteiger partial charge < -0.3 is 4.90 Å². The summed E-state index contributed by atoms with van der Waals surface area (Å²) < 4.78 is 16.3. The Hall–Kier alpha value is -1.69. The van der Waals surface area contributed by atoms with E-state index in [1.54, 1.807) is 21.8 Å². The van der Waals surface area contributed by atoms with E-state index < -0.39 is 5.82 Å². The van der Waals surface area contributed by atoms with Crippen LogP contribution in [0.3, 0.4) is 0 Å². The molecule has 0 aliphatic heterocycles. The molecule has 1 heterocycles. The molecule has 0 radical (unpaired) electrons. The van der Waals surface area contributed by atoms with E-state index in [0.29, 0.717) is 11.0 Å². The van der Waals surface area contributed by atoms with E-state index in [-0.39, 0.29) is 17.5 Å². The molecule has 21 heavy (non-hydrogen) atoms. The lowest BCUT2D eigenvalue weighted by atomic mass is 10.1. The minimum absolute atomic E-state index is 0.0410. The summed E-state index contributed by atoms with van der Waals surface area (Å²) in [4.78, 5) is 14.2. The maximum Gasteiger partial charge on any atom is 0.257 e. The van der Waals surface area contributed by atoms with Crippen LogP contribution in [0.15, 0.2) is 35.1 Å². The van der Waals surface area contributed by atoms with E-state index in [1.807, 2.05) is 27.1 Å². The van der Waals surface area contributed by atoms with Crippen LogP contribution in [-0.4, -0.2) is 26.6 Å². The molecule has 0 saturated heterocycles. The van der Waals surface area contributed by atoms with E-state index in [2.05, 4.69) is 21.0 Å². The number of hydrogen-bond acceptors (Lipinski definition) is 2. The fraction of sp³-hybridized carbons (Fsp3) is 0.333. The maximum atomic E-state index is 14.0. The molecule has 112 valence electrons. The first-order valence-electron chi connectivity index (χ1n) is 6.62. The Balaban J connectivity index is 2.27. The van der Waals surface area contributed by atoms with Crippen molar-refractivity contribution in [2.24, 2.45) is 7.05 Å². The second-order valence-corrected chi connectivity index (χ2v) is 6.09. The molecular weight excluding hydrogens is 337 g/mol. The molecule has 0 aliphatic rings. The summed E-state index contributed by atoms with van der Waals surface area (Å²) >= 11 is 3.19. The van der Waals surface area contributed by atoms with Crippen molar-refractivity contribution in [2.45, 2.75) is 26.4 Å². The summed E-state index contributed by atoms with van der Waals surface area (Å²) in [6.07, 6.45) is 3.56. The second kappa shape index (κ2) is 6.39. The zero-order chi connectivity index (χ0) is 15.6. The first kappa shape index (κ1) is 15.7. The van der Waals surface area contributed by atoms with E-state index >= 15 is 0 Å². The standard InChI is InChI=1S/C15H17BrFN3O/c1-10(2)20(9-11-7-18-19(3)8-11)15(21)13-5-4-12(16)6-14(13)17/h4-8,10H,9H2,1-3H3. The minimum atomic E-state index is -0.522. The molecular formula is C15H17BrFN3O. The van der Waals surface area contributed by atoms with Crippen molar-refractivity contribution < 1.29 is 9.18 Å². The summed E-state index contributed by atoms with van der Waals surface area (Å²) in [6.45, 7) is 4.22. The Morgan fingerprint density at radius 3 is 2.71 bits per heavy atom. The number of aryl methyl sites for hydroxylation is 1. The zero-order valence-electron chi connectivity index (χ0n) is 12.2. The van der Waals surface area contributed by atoms with Gasteiger partial charge in [-0.3, -0.25) is 9.48 Å². The fourth-order valence-electron chi connectivity index (χ4n) is 2.06. The van der Waals surface area contributed by atoms with E-state index in [9.17, 15) is 9.18 Å². The summed E-state index contributed by atoms with van der Waals surface area (Å²) in [7, 11) is 1.82. The Morgan fingerprint density at radius 1 is 1.48 bits per heavy atom. The third kappa shape index (κ3) is 3.69. The van der Waals surface area contributed by atoms with Crippen LogP contribution in [0.25, 0.3) is 0 Å². The smallest absolute Gasteiger partial charge is 0.257 e. The zero-order valence-corrected chi connectivity index (χ0v) is 13.8. The van der Waals surface area contributed by atoms with E-state index in [4.69, 9.17) is 0 Å². The highest BCUT2D eigenvalue weighted by atomic mass is 79.9. The molecule has 0 aliphatic carbocycles. The maximum absolute atomic E-state index is 14.0. The molecule has 0 spiro atoms. The van der Waals surface area contributed by atoms with Crippen LogP contribution >= 0.6 is 15.9 Å². The van der Waals surface area contributed by atoms with Crippen molar-refractivity contribution in [3.05, 3.63) is 52.0 Å². The van der Waals surface area contributed by atoms with Gasteiger partial charge in [-0.15, -0.1) is 0 Å². The van der Waals surface area contributed by atoms with Crippen LogP contribution in [0.4, 0.5) is 4.39 Å². The normalized spacial score (nSPS) is 11.0. The number of amides is 1. The molecule has 2 rings (SSSR count). The average Bonchev–Trinajstić information content (AvgIpc) is 2.80. The number of carbonyl (C=O) groups excluding carboxylic acids is 1. The lowest BCUT2D eigenvalue weighted by molar-refractivity contribution is 0.0685. The van der Waals surface area contributed by atoms with E-state index in [0.717, 1.165) is 5.56 Å². The Bertz CT molecular complexity index is 654. The number of halogens is 2. The molecule has 1 aromatic carbocycles. The van der Waals surface area contributed by atoms with Gasteiger partial charge >= 0.3 is 0 Å². The monoisotopic (exact) mass is 353 g/mol. The molecule has 0 saturated carbocycles. The topological polar surface area (TPSA) is 38.1 Å². The van der Waals surface area contributed by atoms with Gasteiger partial charge in [0.1, 0.15) is 5.82 Å². The van der Waals surface area contributed by atoms with Gasteiger partial charge in [0.2, 0.25) is 0 Å². The molecule has 0 bridgehead atoms. The van der Waals surface area contributed by atoms with Crippen molar-refractivity contribution in [1.29, 1.82) is 0 Å². The molecule has 6 heteroatoms. The Kier molecular flexibility index (Phi) is 4.77. The van der Waals surface area contributed by atoms with Crippen LogP contribution in [0.1, 0.15) is 29.8 Å². The number of rotatable bonds is 4. The number of aromatic nitrogens is 2. The van der Waals surface area contributed by atoms with Crippen LogP contribution in [0, 0.1) is 5.82 Å². The summed E-state index contributed by atoms with van der Waals surface area (Å²) in [5, 5.41) is 4.09. The van der Waals surface area contributed by atoms with Gasteiger partial charge in [0, 0.05) is 35.9 Å². The van der Waals surface area contributed by atoms with Crippen molar-refractivity contribution in [3.8, 4) is 0 Å². The Morgan fingerprint density at radius 2 is 2.19 bits per heavy atom. The van der Waals surface area contributed by atoms with Gasteiger partial charge in [-0.25, -0.2) is 4.39 Å². The van der Waals surface area contributed by atoms with Gasteiger partial charge in [-0.05, 0) is 32.0 Å². The van der Waals surface area contributed by atoms with Crippen LogP contribution in [0.5, 0.6) is 0 Å². The van der Waals surface area contributed by atoms with Crippen LogP contribution in [0.2, 0.25) is 0 Å². The number of carbonyl (C=O) groups is 1. The van der Waals surface area contributed by atoms with Gasteiger partial charge in [0.05, 0.1) is 11.8 Å². The quantitative estimate of drug-likeness (QED) is 0.844. The lowest BCUT2D eigenvalue weighted by Gasteiger charge is -2.26. The highest BCUT2D eigenvalue weighted by molar-refractivity contribution is 9.10. The highest BCUT2D eigenvalue weighted by Crippen LogP contribution is 2.19. The van der Waals surface area contributed by atoms with Gasteiger partial charge in [-0.1, -0.05) is 15.9 Å². The predicted molar refractivity (Wildman–Crippen MR) is 82.3 cm³/mol. The van der Waals surface area contributed by atoms with E-state index in [1.165, 1.54) is 12.1 Å². The lowest BCUT2D eigenvalue weighted by Crippen LogP contribution is -2.36. The average molecular weight is 354 g/mol. The molecule has 0 fully saturated rings. The predicted octanol–water partition coefficient (Wildman–Crippen LogP) is 3.37. The third-order valence-electron chi connectivity index (χ3n) is 3.16. The van der Waals surface area contributed by atoms with Gasteiger partial charge in [-0.2, -0.15) is 5.10 Å². The summed E-state index contributed by atoms with van der Waals surface area (Å²) in [5.41, 5.74) is 0.993. The highest BCUT2D eigenvalue weighted by Gasteiger charge is 2.22. The fourth-order valence-corrected chi connectivity index (χ4v) is 2.39. The SMILES string of the molecule is CC(C)N(Cc1cnn(C)c1)C(=O)c1ccc(Br)cc1F. The second-order valence-electron chi connectivity index (χ2n) is 5.17. The molecule has 0 atom stereocenters. The first-order chi connectivity index (χ1) is 9.88. The molecule has 0 unspecified atom stereocenters.